The topological polar surface area (TPSA) is 134 Å². The summed E-state index contributed by atoms with van der Waals surface area (Å²) in [5.74, 6) is 5.16. The van der Waals surface area contributed by atoms with Crippen LogP contribution in [0.2, 0.25) is 0 Å². The Morgan fingerprint density at radius 2 is 1.87 bits per heavy atom. The number of urea groups is 1. The Morgan fingerprint density at radius 3 is 2.58 bits per heavy atom. The quantitative estimate of drug-likeness (QED) is 0.318. The van der Waals surface area contributed by atoms with E-state index in [1.807, 2.05) is 6.07 Å². The molecule has 0 saturated carbocycles. The number of nitrogens with zero attached hydrogens (tertiary/aromatic N) is 1. The molecule has 5 amide bonds. The fourth-order valence-electron chi connectivity index (χ4n) is 5.83. The molecule has 0 aromatic heterocycles. The maximum atomic E-state index is 13.1. The van der Waals surface area contributed by atoms with Gasteiger partial charge in [-0.05, 0) is 60.2 Å². The third-order valence-corrected chi connectivity index (χ3v) is 7.70. The van der Waals surface area contributed by atoms with Gasteiger partial charge in [0.1, 0.15) is 11.3 Å². The number of fused-ring (bicyclic) bond motifs is 3. The van der Waals surface area contributed by atoms with E-state index in [1.165, 1.54) is 12.0 Å². The van der Waals surface area contributed by atoms with Crippen molar-refractivity contribution in [3.05, 3.63) is 64.2 Å². The Hall–Kier alpha value is -4.65. The van der Waals surface area contributed by atoms with Crippen LogP contribution in [0.25, 0.3) is 0 Å². The summed E-state index contributed by atoms with van der Waals surface area (Å²) in [5, 5.41) is 7.73. The number of hydrogen-bond donors (Lipinski definition) is 3. The van der Waals surface area contributed by atoms with Gasteiger partial charge in [-0.1, -0.05) is 24.0 Å². The molecule has 6 rings (SSSR count). The van der Waals surface area contributed by atoms with Crippen molar-refractivity contribution in [2.45, 2.75) is 43.3 Å². The number of carbonyl (C=O) groups excluding carboxylic acids is 5. The Labute approximate surface area is 218 Å². The molecule has 1 spiro atoms. The van der Waals surface area contributed by atoms with Gasteiger partial charge < -0.3 is 20.3 Å². The number of Topliss-reactive ketones (excluding diaryl/α,β-unsaturated/α-hetero) is 1. The van der Waals surface area contributed by atoms with Crippen molar-refractivity contribution in [1.29, 1.82) is 0 Å². The molecule has 2 aromatic rings. The van der Waals surface area contributed by atoms with Crippen LogP contribution in [0.4, 0.5) is 4.79 Å². The molecule has 1 unspecified atom stereocenters. The van der Waals surface area contributed by atoms with Crippen LogP contribution >= 0.6 is 0 Å². The normalized spacial score (nSPS) is 25.4. The molecule has 2 aromatic carbocycles. The van der Waals surface area contributed by atoms with Gasteiger partial charge in [0.25, 0.3) is 11.8 Å². The summed E-state index contributed by atoms with van der Waals surface area (Å²) in [6.07, 6.45) is 1.90. The van der Waals surface area contributed by atoms with E-state index in [-0.39, 0.29) is 37.1 Å². The highest BCUT2D eigenvalue weighted by atomic mass is 16.5. The van der Waals surface area contributed by atoms with Crippen molar-refractivity contribution < 1.29 is 28.7 Å². The number of carbonyl (C=O) groups is 5. The summed E-state index contributed by atoms with van der Waals surface area (Å²) in [7, 11) is 1.52. The van der Waals surface area contributed by atoms with E-state index in [1.54, 1.807) is 30.3 Å². The number of ketones is 1. The molecule has 3 aliphatic heterocycles. The molecular weight excluding hydrogens is 488 g/mol. The Balaban J connectivity index is 1.31. The highest BCUT2D eigenvalue weighted by Gasteiger charge is 2.50. The number of hydrogen-bond acceptors (Lipinski definition) is 6. The lowest BCUT2D eigenvalue weighted by molar-refractivity contribution is -0.124. The van der Waals surface area contributed by atoms with Crippen molar-refractivity contribution in [3.63, 3.8) is 0 Å². The van der Waals surface area contributed by atoms with Gasteiger partial charge in [-0.3, -0.25) is 24.5 Å². The van der Waals surface area contributed by atoms with E-state index in [0.29, 0.717) is 23.3 Å². The molecule has 2 atom stereocenters. The number of aryl methyl sites for hydroxylation is 1. The van der Waals surface area contributed by atoms with E-state index < -0.39 is 23.0 Å². The third kappa shape index (κ3) is 3.62. The average Bonchev–Trinajstić information content (AvgIpc) is 3.47. The molecule has 0 radical (unpaired) electrons. The van der Waals surface area contributed by atoms with Crippen LogP contribution in [-0.4, -0.2) is 53.6 Å². The molecular formula is C28H24N4O6. The molecule has 10 heteroatoms. The zero-order valence-electron chi connectivity index (χ0n) is 20.6. The summed E-state index contributed by atoms with van der Waals surface area (Å²) >= 11 is 0. The number of methoxy groups -OCH3 is 1. The van der Waals surface area contributed by atoms with Crippen LogP contribution in [0.15, 0.2) is 36.4 Å². The molecule has 3 heterocycles. The van der Waals surface area contributed by atoms with E-state index in [0.717, 1.165) is 29.5 Å². The highest BCUT2D eigenvalue weighted by molar-refractivity contribution is 6.11. The first-order valence-corrected chi connectivity index (χ1v) is 12.3. The second-order valence-electron chi connectivity index (χ2n) is 10.0. The minimum Gasteiger partial charge on any atom is -0.497 e. The number of ether oxygens (including phenoxy) is 1. The van der Waals surface area contributed by atoms with Gasteiger partial charge >= 0.3 is 6.03 Å². The number of imide groups is 1. The lowest BCUT2D eigenvalue weighted by atomic mass is 9.74. The van der Waals surface area contributed by atoms with Crippen molar-refractivity contribution >= 4 is 29.5 Å². The van der Waals surface area contributed by atoms with Crippen molar-refractivity contribution in [1.82, 2.24) is 20.9 Å². The van der Waals surface area contributed by atoms with Crippen molar-refractivity contribution in [3.8, 4) is 17.6 Å². The maximum Gasteiger partial charge on any atom is 0.323 e. The molecule has 1 aliphatic carbocycles. The van der Waals surface area contributed by atoms with Crippen molar-refractivity contribution in [2.24, 2.45) is 0 Å². The van der Waals surface area contributed by atoms with Gasteiger partial charge in [0.2, 0.25) is 11.4 Å². The van der Waals surface area contributed by atoms with Crippen LogP contribution in [0.1, 0.15) is 51.9 Å². The maximum absolute atomic E-state index is 13.1. The largest absolute Gasteiger partial charge is 0.497 e. The first-order chi connectivity index (χ1) is 18.2. The zero-order chi connectivity index (χ0) is 26.7. The number of benzene rings is 2. The lowest BCUT2D eigenvalue weighted by Gasteiger charge is -2.34. The highest BCUT2D eigenvalue weighted by Crippen LogP contribution is 2.40. The molecule has 38 heavy (non-hydrogen) atoms. The van der Waals surface area contributed by atoms with E-state index in [4.69, 9.17) is 4.74 Å². The number of amides is 5. The fraction of sp³-hybridized carbons (Fsp3) is 0.321. The first kappa shape index (κ1) is 23.7. The minimum absolute atomic E-state index is 0.121. The molecule has 10 nitrogen and oxygen atoms in total. The number of nitrogens with one attached hydrogen (secondary N) is 3. The predicted octanol–water partition coefficient (Wildman–Crippen LogP) is 0.901. The van der Waals surface area contributed by atoms with Gasteiger partial charge in [-0.15, -0.1) is 0 Å². The summed E-state index contributed by atoms with van der Waals surface area (Å²) in [4.78, 5) is 64.3. The van der Waals surface area contributed by atoms with Gasteiger partial charge in [0.05, 0.1) is 20.1 Å². The minimum atomic E-state index is -1.63. The summed E-state index contributed by atoms with van der Waals surface area (Å²) in [5.41, 5.74) is 0.937. The molecule has 3 N–H and O–H groups in total. The number of rotatable bonds is 3. The van der Waals surface area contributed by atoms with Gasteiger partial charge in [0.15, 0.2) is 5.78 Å². The average molecular weight is 513 g/mol. The Morgan fingerprint density at radius 1 is 1.03 bits per heavy atom. The smallest absolute Gasteiger partial charge is 0.323 e. The Kier molecular flexibility index (Phi) is 5.28. The molecule has 4 aliphatic rings. The standard InChI is InChI=1S/C28H24N4O6/c1-38-19-6-5-18-14-32(24(35)20(18)12-19)15-27(25(36)29-26(37)31-27)10-8-16-4-7-21-17(11-16)3-2-9-28(21)22(33)13-23(34)30-28/h4-7,11-12H,2-3,9,13-15H2,1H3,(H,30,34)(H2,29,31,36,37)/t27-,28?/m1/s1. The van der Waals surface area contributed by atoms with Gasteiger partial charge in [-0.25, -0.2) is 4.79 Å². The monoisotopic (exact) mass is 512 g/mol. The van der Waals surface area contributed by atoms with Crippen LogP contribution < -0.4 is 20.7 Å². The summed E-state index contributed by atoms with van der Waals surface area (Å²) in [6, 6.07) is 9.93. The van der Waals surface area contributed by atoms with Crippen LogP contribution in [-0.2, 0) is 32.9 Å². The lowest BCUT2D eigenvalue weighted by Crippen LogP contribution is -2.54. The zero-order valence-corrected chi connectivity index (χ0v) is 20.6. The van der Waals surface area contributed by atoms with Crippen molar-refractivity contribution in [2.75, 3.05) is 13.7 Å². The van der Waals surface area contributed by atoms with Crippen LogP contribution in [0.5, 0.6) is 5.75 Å². The first-order valence-electron chi connectivity index (χ1n) is 12.3. The predicted molar refractivity (Wildman–Crippen MR) is 133 cm³/mol. The fourth-order valence-corrected chi connectivity index (χ4v) is 5.83. The van der Waals surface area contributed by atoms with E-state index >= 15 is 0 Å². The van der Waals surface area contributed by atoms with Gasteiger partial charge in [0, 0.05) is 17.7 Å². The molecule has 2 fully saturated rings. The molecule has 0 bridgehead atoms. The second-order valence-corrected chi connectivity index (χ2v) is 10.0. The SMILES string of the molecule is COc1ccc2c(c1)C(=O)N(C[C@@]1(C#Cc3ccc4c(c3)CCCC43NC(=O)CC3=O)NC(=O)NC1=O)C2. The summed E-state index contributed by atoms with van der Waals surface area (Å²) < 4.78 is 5.22. The van der Waals surface area contributed by atoms with Crippen LogP contribution in [0, 0.1) is 11.8 Å². The van der Waals surface area contributed by atoms with E-state index in [2.05, 4.69) is 27.8 Å². The molecule has 2 saturated heterocycles. The summed E-state index contributed by atoms with van der Waals surface area (Å²) in [6.45, 7) is 0.132. The van der Waals surface area contributed by atoms with E-state index in [9.17, 15) is 24.0 Å². The second kappa shape index (κ2) is 8.45. The van der Waals surface area contributed by atoms with Gasteiger partial charge in [-0.2, -0.15) is 0 Å². The third-order valence-electron chi connectivity index (χ3n) is 7.70. The van der Waals surface area contributed by atoms with Crippen LogP contribution in [0.3, 0.4) is 0 Å². The molecule has 192 valence electrons. The Bertz CT molecular complexity index is 1520.